The van der Waals surface area contributed by atoms with Gasteiger partial charge in [-0.1, -0.05) is 30.3 Å². The molecule has 1 heterocycles. The van der Waals surface area contributed by atoms with E-state index in [9.17, 15) is 4.79 Å². The lowest BCUT2D eigenvalue weighted by atomic mass is 10.2. The number of hydrogen-bond acceptors (Lipinski definition) is 3. The number of carbonyl (C=O) groups is 1. The molecule has 1 atom stereocenters. The van der Waals surface area contributed by atoms with Crippen LogP contribution >= 0.6 is 0 Å². The van der Waals surface area contributed by atoms with Gasteiger partial charge in [0.05, 0.1) is 6.61 Å². The van der Waals surface area contributed by atoms with E-state index in [-0.39, 0.29) is 6.03 Å². The first-order chi connectivity index (χ1) is 10.3. The third-order valence-electron chi connectivity index (χ3n) is 3.74. The quantitative estimate of drug-likeness (QED) is 0.802. The molecule has 2 N–H and O–H groups in total. The van der Waals surface area contributed by atoms with E-state index >= 15 is 0 Å². The molecular formula is C16H25N3O2. The van der Waals surface area contributed by atoms with Crippen molar-refractivity contribution in [1.82, 2.24) is 15.5 Å². The van der Waals surface area contributed by atoms with E-state index in [1.54, 1.807) is 7.11 Å². The molecule has 0 spiro atoms. The Labute approximate surface area is 126 Å². The molecule has 2 rings (SSSR count). The number of benzene rings is 1. The SMILES string of the molecule is COCCN(CC1CCCN1)C(=O)NCc1ccccc1. The Morgan fingerprint density at radius 2 is 2.24 bits per heavy atom. The van der Waals surface area contributed by atoms with Gasteiger partial charge >= 0.3 is 6.03 Å². The summed E-state index contributed by atoms with van der Waals surface area (Å²) in [5.74, 6) is 0. The molecule has 21 heavy (non-hydrogen) atoms. The second-order valence-electron chi connectivity index (χ2n) is 5.38. The fraction of sp³-hybridized carbons (Fsp3) is 0.562. The minimum Gasteiger partial charge on any atom is -0.383 e. The highest BCUT2D eigenvalue weighted by Crippen LogP contribution is 2.07. The Balaban J connectivity index is 1.83. The Morgan fingerprint density at radius 1 is 1.43 bits per heavy atom. The minimum absolute atomic E-state index is 0.0235. The van der Waals surface area contributed by atoms with Crippen molar-refractivity contribution in [2.75, 3.05) is 33.4 Å². The molecule has 1 saturated heterocycles. The van der Waals surface area contributed by atoms with Crippen molar-refractivity contribution in [3.05, 3.63) is 35.9 Å². The largest absolute Gasteiger partial charge is 0.383 e. The number of ether oxygens (including phenoxy) is 1. The van der Waals surface area contributed by atoms with Gasteiger partial charge in [-0.05, 0) is 24.9 Å². The fourth-order valence-corrected chi connectivity index (χ4v) is 2.54. The number of nitrogens with one attached hydrogen (secondary N) is 2. The van der Waals surface area contributed by atoms with Crippen molar-refractivity contribution in [3.63, 3.8) is 0 Å². The molecule has 1 unspecified atom stereocenters. The second kappa shape index (κ2) is 8.64. The molecule has 0 bridgehead atoms. The summed E-state index contributed by atoms with van der Waals surface area (Å²) in [6.45, 7) is 3.53. The van der Waals surface area contributed by atoms with Gasteiger partial charge in [0.2, 0.25) is 0 Å². The normalized spacial score (nSPS) is 17.7. The van der Waals surface area contributed by atoms with Crippen LogP contribution < -0.4 is 10.6 Å². The van der Waals surface area contributed by atoms with Gasteiger partial charge in [0.15, 0.2) is 0 Å². The van der Waals surface area contributed by atoms with Gasteiger partial charge in [-0.2, -0.15) is 0 Å². The highest BCUT2D eigenvalue weighted by molar-refractivity contribution is 5.74. The third-order valence-corrected chi connectivity index (χ3v) is 3.74. The molecular weight excluding hydrogens is 266 g/mol. The van der Waals surface area contributed by atoms with Gasteiger partial charge in [-0.15, -0.1) is 0 Å². The van der Waals surface area contributed by atoms with Gasteiger partial charge in [-0.25, -0.2) is 4.79 Å². The summed E-state index contributed by atoms with van der Waals surface area (Å²) in [6.07, 6.45) is 2.32. The zero-order chi connectivity index (χ0) is 14.9. The standard InChI is InChI=1S/C16H25N3O2/c1-21-11-10-19(13-15-8-5-9-17-15)16(20)18-12-14-6-3-2-4-7-14/h2-4,6-7,15,17H,5,8-13H2,1H3,(H,18,20). The summed E-state index contributed by atoms with van der Waals surface area (Å²) in [6, 6.07) is 10.3. The highest BCUT2D eigenvalue weighted by atomic mass is 16.5. The van der Waals surface area contributed by atoms with Crippen LogP contribution in [0.4, 0.5) is 4.79 Å². The van der Waals surface area contributed by atoms with E-state index in [0.717, 1.165) is 25.1 Å². The number of hydrogen-bond donors (Lipinski definition) is 2. The maximum Gasteiger partial charge on any atom is 0.317 e. The van der Waals surface area contributed by atoms with Crippen molar-refractivity contribution in [2.24, 2.45) is 0 Å². The first-order valence-corrected chi connectivity index (χ1v) is 7.58. The van der Waals surface area contributed by atoms with E-state index in [1.165, 1.54) is 6.42 Å². The van der Waals surface area contributed by atoms with Crippen LogP contribution in [0.15, 0.2) is 30.3 Å². The number of nitrogens with zero attached hydrogens (tertiary/aromatic N) is 1. The summed E-state index contributed by atoms with van der Waals surface area (Å²) in [7, 11) is 1.66. The number of amides is 2. The first kappa shape index (κ1) is 15.8. The maximum absolute atomic E-state index is 12.3. The molecule has 2 amide bonds. The predicted molar refractivity (Wildman–Crippen MR) is 83.2 cm³/mol. The Bertz CT molecular complexity index is 419. The number of urea groups is 1. The molecule has 0 saturated carbocycles. The smallest absolute Gasteiger partial charge is 0.317 e. The summed E-state index contributed by atoms with van der Waals surface area (Å²) in [4.78, 5) is 14.2. The average molecular weight is 291 g/mol. The van der Waals surface area contributed by atoms with Crippen LogP contribution in [0, 0.1) is 0 Å². The molecule has 1 aromatic rings. The molecule has 5 nitrogen and oxygen atoms in total. The molecule has 0 radical (unpaired) electrons. The van der Waals surface area contributed by atoms with Crippen LogP contribution in [0.25, 0.3) is 0 Å². The molecule has 1 aromatic carbocycles. The van der Waals surface area contributed by atoms with Crippen LogP contribution in [0.3, 0.4) is 0 Å². The van der Waals surface area contributed by atoms with Crippen LogP contribution in [-0.4, -0.2) is 50.3 Å². The Morgan fingerprint density at radius 3 is 2.90 bits per heavy atom. The van der Waals surface area contributed by atoms with E-state index in [1.807, 2.05) is 35.2 Å². The molecule has 0 aliphatic carbocycles. The highest BCUT2D eigenvalue weighted by Gasteiger charge is 2.21. The van der Waals surface area contributed by atoms with Crippen molar-refractivity contribution in [2.45, 2.75) is 25.4 Å². The average Bonchev–Trinajstić information content (AvgIpc) is 3.03. The lowest BCUT2D eigenvalue weighted by molar-refractivity contribution is 0.145. The van der Waals surface area contributed by atoms with Gasteiger partial charge in [0.1, 0.15) is 0 Å². The molecule has 0 aromatic heterocycles. The van der Waals surface area contributed by atoms with E-state index in [0.29, 0.717) is 25.7 Å². The molecule has 1 aliphatic heterocycles. The lowest BCUT2D eigenvalue weighted by Gasteiger charge is -2.26. The van der Waals surface area contributed by atoms with Gasteiger partial charge < -0.3 is 20.3 Å². The molecule has 116 valence electrons. The number of rotatable bonds is 7. The number of carbonyl (C=O) groups excluding carboxylic acids is 1. The third kappa shape index (κ3) is 5.36. The Kier molecular flexibility index (Phi) is 6.50. The molecule has 1 aliphatic rings. The van der Waals surface area contributed by atoms with Crippen LogP contribution in [0.2, 0.25) is 0 Å². The summed E-state index contributed by atoms with van der Waals surface area (Å²) < 4.78 is 5.11. The van der Waals surface area contributed by atoms with E-state index < -0.39 is 0 Å². The predicted octanol–water partition coefficient (Wildman–Crippen LogP) is 1.60. The fourth-order valence-electron chi connectivity index (χ4n) is 2.54. The topological polar surface area (TPSA) is 53.6 Å². The molecule has 1 fully saturated rings. The maximum atomic E-state index is 12.3. The van der Waals surface area contributed by atoms with Gasteiger partial charge in [0, 0.05) is 32.8 Å². The Hall–Kier alpha value is -1.59. The van der Waals surface area contributed by atoms with Crippen molar-refractivity contribution in [1.29, 1.82) is 0 Å². The monoisotopic (exact) mass is 291 g/mol. The zero-order valence-corrected chi connectivity index (χ0v) is 12.7. The van der Waals surface area contributed by atoms with Crippen LogP contribution in [0.5, 0.6) is 0 Å². The number of methoxy groups -OCH3 is 1. The van der Waals surface area contributed by atoms with Crippen molar-refractivity contribution in [3.8, 4) is 0 Å². The zero-order valence-electron chi connectivity index (χ0n) is 12.7. The molecule has 5 heteroatoms. The lowest BCUT2D eigenvalue weighted by Crippen LogP contribution is -2.47. The van der Waals surface area contributed by atoms with Crippen molar-refractivity contribution >= 4 is 6.03 Å². The summed E-state index contributed by atoms with van der Waals surface area (Å²) in [5, 5.41) is 6.42. The van der Waals surface area contributed by atoms with Gasteiger partial charge in [-0.3, -0.25) is 0 Å². The first-order valence-electron chi connectivity index (χ1n) is 7.58. The van der Waals surface area contributed by atoms with Gasteiger partial charge in [0.25, 0.3) is 0 Å². The van der Waals surface area contributed by atoms with E-state index in [2.05, 4.69) is 10.6 Å². The second-order valence-corrected chi connectivity index (χ2v) is 5.38. The van der Waals surface area contributed by atoms with Crippen LogP contribution in [0.1, 0.15) is 18.4 Å². The minimum atomic E-state index is -0.0235. The summed E-state index contributed by atoms with van der Waals surface area (Å²) in [5.41, 5.74) is 1.11. The van der Waals surface area contributed by atoms with E-state index in [4.69, 9.17) is 4.74 Å². The summed E-state index contributed by atoms with van der Waals surface area (Å²) >= 11 is 0. The van der Waals surface area contributed by atoms with Crippen LogP contribution in [-0.2, 0) is 11.3 Å². The van der Waals surface area contributed by atoms with Crippen molar-refractivity contribution < 1.29 is 9.53 Å².